The number of halogens is 3. The number of rotatable bonds is 1. The first-order chi connectivity index (χ1) is 11.8. The number of hydrogen-bond acceptors (Lipinski definition) is 4. The number of aryl methyl sites for hydroxylation is 1. The zero-order chi connectivity index (χ0) is 17.8. The van der Waals surface area contributed by atoms with Crippen molar-refractivity contribution in [3.8, 4) is 0 Å². The molecule has 0 radical (unpaired) electrons. The molecule has 1 aliphatic rings. The monoisotopic (exact) mass is 346 g/mol. The topological polar surface area (TPSA) is 60.2 Å². The number of fused-ring (bicyclic) bond motifs is 2. The van der Waals surface area contributed by atoms with Gasteiger partial charge in [-0.2, -0.15) is 18.2 Å². The summed E-state index contributed by atoms with van der Waals surface area (Å²) < 4.78 is 39.2. The van der Waals surface area contributed by atoms with Gasteiger partial charge in [0.25, 0.3) is 11.6 Å². The van der Waals surface area contributed by atoms with Crippen LogP contribution < -0.4 is 0 Å². The van der Waals surface area contributed by atoms with Gasteiger partial charge in [0.05, 0.1) is 11.3 Å². The van der Waals surface area contributed by atoms with Gasteiger partial charge in [0.1, 0.15) is 0 Å². The highest BCUT2D eigenvalue weighted by molar-refractivity contribution is 5.98. The van der Waals surface area contributed by atoms with E-state index in [-0.39, 0.29) is 17.5 Å². The summed E-state index contributed by atoms with van der Waals surface area (Å²) in [6.07, 6.45) is -2.57. The summed E-state index contributed by atoms with van der Waals surface area (Å²) in [5.74, 6) is -1.60. The molecule has 2 aromatic heterocycles. The van der Waals surface area contributed by atoms with Gasteiger partial charge in [0.15, 0.2) is 5.78 Å². The van der Waals surface area contributed by atoms with E-state index in [1.807, 2.05) is 31.2 Å². The summed E-state index contributed by atoms with van der Waals surface area (Å²) in [6.45, 7) is 1.97. The number of aromatic nitrogens is 4. The highest BCUT2D eigenvalue weighted by Crippen LogP contribution is 2.33. The number of nitrogens with zero attached hydrogens (tertiary/aromatic N) is 4. The Bertz CT molecular complexity index is 993. The van der Waals surface area contributed by atoms with Crippen LogP contribution in [-0.4, -0.2) is 25.4 Å². The van der Waals surface area contributed by atoms with Crippen molar-refractivity contribution in [3.63, 3.8) is 0 Å². The lowest BCUT2D eigenvalue weighted by molar-refractivity contribution is -0.144. The smallest absolute Gasteiger partial charge is 0.294 e. The number of ketones is 1. The van der Waals surface area contributed by atoms with E-state index in [4.69, 9.17) is 0 Å². The molecule has 25 heavy (non-hydrogen) atoms. The molecule has 0 aliphatic heterocycles. The molecule has 0 amide bonds. The second-order valence-electron chi connectivity index (χ2n) is 6.22. The van der Waals surface area contributed by atoms with Gasteiger partial charge in [-0.1, -0.05) is 29.8 Å². The van der Waals surface area contributed by atoms with E-state index in [1.54, 1.807) is 0 Å². The van der Waals surface area contributed by atoms with Crippen LogP contribution in [0.5, 0.6) is 0 Å². The standard InChI is InChI=1S/C17H13F3N4O/c1-9-3-2-4-10(5-9)11-6-13-12(14(25)7-11)8-24-16(21-13)22-15(23-24)17(18,19)20/h2-5,8,11H,6-7H2,1H3/t11-/m0/s1. The van der Waals surface area contributed by atoms with Gasteiger partial charge in [0.2, 0.25) is 0 Å². The minimum Gasteiger partial charge on any atom is -0.294 e. The number of Topliss-reactive ketones (excluding diaryl/α,β-unsaturated/α-hetero) is 1. The van der Waals surface area contributed by atoms with Gasteiger partial charge in [0, 0.05) is 12.6 Å². The molecule has 5 nitrogen and oxygen atoms in total. The third kappa shape index (κ3) is 2.77. The lowest BCUT2D eigenvalue weighted by Gasteiger charge is -2.23. The Morgan fingerprint density at radius 2 is 2.00 bits per heavy atom. The van der Waals surface area contributed by atoms with Crippen molar-refractivity contribution in [2.24, 2.45) is 0 Å². The van der Waals surface area contributed by atoms with Crippen molar-refractivity contribution in [2.75, 3.05) is 0 Å². The Morgan fingerprint density at radius 3 is 2.72 bits per heavy atom. The summed E-state index contributed by atoms with van der Waals surface area (Å²) in [7, 11) is 0. The average molecular weight is 346 g/mol. The summed E-state index contributed by atoms with van der Waals surface area (Å²) in [5.41, 5.74) is 2.90. The Kier molecular flexibility index (Phi) is 3.38. The van der Waals surface area contributed by atoms with Gasteiger partial charge in [-0.05, 0) is 24.8 Å². The number of alkyl halides is 3. The quantitative estimate of drug-likeness (QED) is 0.678. The molecular formula is C17H13F3N4O. The molecule has 128 valence electrons. The van der Waals surface area contributed by atoms with Crippen LogP contribution in [0.25, 0.3) is 5.78 Å². The molecule has 1 atom stereocenters. The maximum atomic E-state index is 12.8. The van der Waals surface area contributed by atoms with Crippen LogP contribution in [-0.2, 0) is 12.6 Å². The van der Waals surface area contributed by atoms with Gasteiger partial charge < -0.3 is 0 Å². The van der Waals surface area contributed by atoms with Gasteiger partial charge in [-0.25, -0.2) is 9.50 Å². The first-order valence-corrected chi connectivity index (χ1v) is 7.74. The molecule has 0 unspecified atom stereocenters. The lowest BCUT2D eigenvalue weighted by atomic mass is 9.82. The third-order valence-corrected chi connectivity index (χ3v) is 4.35. The van der Waals surface area contributed by atoms with Gasteiger partial charge >= 0.3 is 6.18 Å². The first kappa shape index (κ1) is 15.7. The molecule has 3 aromatic rings. The predicted molar refractivity (Wildman–Crippen MR) is 82.4 cm³/mol. The molecule has 0 spiro atoms. The molecule has 0 saturated heterocycles. The van der Waals surface area contributed by atoms with Crippen LogP contribution >= 0.6 is 0 Å². The zero-order valence-corrected chi connectivity index (χ0v) is 13.2. The van der Waals surface area contributed by atoms with Crippen LogP contribution in [0, 0.1) is 6.92 Å². The maximum Gasteiger partial charge on any atom is 0.453 e. The molecule has 2 heterocycles. The molecule has 1 aromatic carbocycles. The van der Waals surface area contributed by atoms with Gasteiger partial charge in [-0.15, -0.1) is 5.10 Å². The Balaban J connectivity index is 1.77. The van der Waals surface area contributed by atoms with Crippen LogP contribution in [0.4, 0.5) is 13.2 Å². The highest BCUT2D eigenvalue weighted by Gasteiger charge is 2.37. The van der Waals surface area contributed by atoms with E-state index in [1.165, 1.54) is 6.20 Å². The minimum atomic E-state index is -4.65. The first-order valence-electron chi connectivity index (χ1n) is 7.74. The number of benzene rings is 1. The van der Waals surface area contributed by atoms with Crippen LogP contribution in [0.15, 0.2) is 30.5 Å². The van der Waals surface area contributed by atoms with E-state index in [0.717, 1.165) is 15.6 Å². The summed E-state index contributed by atoms with van der Waals surface area (Å²) in [4.78, 5) is 20.1. The normalized spacial score (nSPS) is 17.8. The minimum absolute atomic E-state index is 0.0418. The molecule has 4 rings (SSSR count). The van der Waals surface area contributed by atoms with Crippen LogP contribution in [0.1, 0.15) is 45.3 Å². The van der Waals surface area contributed by atoms with E-state index in [2.05, 4.69) is 15.1 Å². The zero-order valence-electron chi connectivity index (χ0n) is 13.2. The molecular weight excluding hydrogens is 333 g/mol. The number of carbonyl (C=O) groups excluding carboxylic acids is 1. The second-order valence-corrected chi connectivity index (χ2v) is 6.22. The van der Waals surface area contributed by atoms with E-state index >= 15 is 0 Å². The predicted octanol–water partition coefficient (Wildman–Crippen LogP) is 3.36. The van der Waals surface area contributed by atoms with Crippen molar-refractivity contribution in [1.29, 1.82) is 0 Å². The fraction of sp³-hybridized carbons (Fsp3) is 0.294. The molecule has 0 N–H and O–H groups in total. The van der Waals surface area contributed by atoms with Crippen molar-refractivity contribution in [3.05, 3.63) is 58.7 Å². The highest BCUT2D eigenvalue weighted by atomic mass is 19.4. The van der Waals surface area contributed by atoms with Crippen molar-refractivity contribution < 1.29 is 18.0 Å². The fourth-order valence-corrected chi connectivity index (χ4v) is 3.16. The van der Waals surface area contributed by atoms with Crippen molar-refractivity contribution in [2.45, 2.75) is 31.9 Å². The lowest BCUT2D eigenvalue weighted by Crippen LogP contribution is -2.21. The molecule has 0 bridgehead atoms. The summed E-state index contributed by atoms with van der Waals surface area (Å²) in [5, 5.41) is 3.38. The van der Waals surface area contributed by atoms with E-state index in [9.17, 15) is 18.0 Å². The Hall–Kier alpha value is -2.77. The largest absolute Gasteiger partial charge is 0.453 e. The maximum absolute atomic E-state index is 12.8. The number of hydrogen-bond donors (Lipinski definition) is 0. The van der Waals surface area contributed by atoms with Gasteiger partial charge in [-0.3, -0.25) is 4.79 Å². The third-order valence-electron chi connectivity index (χ3n) is 4.35. The summed E-state index contributed by atoms with van der Waals surface area (Å²) >= 11 is 0. The van der Waals surface area contributed by atoms with E-state index in [0.29, 0.717) is 24.1 Å². The molecule has 8 heteroatoms. The fourth-order valence-electron chi connectivity index (χ4n) is 3.16. The van der Waals surface area contributed by atoms with E-state index < -0.39 is 12.0 Å². The Morgan fingerprint density at radius 1 is 1.20 bits per heavy atom. The van der Waals surface area contributed by atoms with Crippen molar-refractivity contribution in [1.82, 2.24) is 19.6 Å². The number of carbonyl (C=O) groups is 1. The molecule has 0 fully saturated rings. The molecule has 0 saturated carbocycles. The van der Waals surface area contributed by atoms with Crippen LogP contribution in [0.2, 0.25) is 0 Å². The van der Waals surface area contributed by atoms with Crippen LogP contribution in [0.3, 0.4) is 0 Å². The van der Waals surface area contributed by atoms with Crippen molar-refractivity contribution >= 4 is 11.6 Å². The summed E-state index contributed by atoms with van der Waals surface area (Å²) in [6, 6.07) is 7.86. The molecule has 1 aliphatic carbocycles. The second kappa shape index (κ2) is 5.37. The average Bonchev–Trinajstić information content (AvgIpc) is 2.96. The Labute approximate surface area is 140 Å². The SMILES string of the molecule is Cc1cccc([C@@H]2CC(=O)c3cn4nc(C(F)(F)F)nc4nc3C2)c1.